The summed E-state index contributed by atoms with van der Waals surface area (Å²) in [7, 11) is 0. The number of nitrogens with one attached hydrogen (secondary N) is 1. The molecule has 2 aromatic carbocycles. The Morgan fingerprint density at radius 3 is 2.55 bits per heavy atom. The maximum absolute atomic E-state index is 9.14. The Labute approximate surface area is 124 Å². The first-order valence-corrected chi connectivity index (χ1v) is 7.34. The third-order valence-electron chi connectivity index (χ3n) is 3.96. The van der Waals surface area contributed by atoms with Crippen molar-refractivity contribution >= 4 is 17.3 Å². The molecule has 2 N–H and O–H groups in total. The number of rotatable bonds is 4. The lowest BCUT2D eigenvalue weighted by Gasteiger charge is -2.37. The van der Waals surface area contributed by atoms with Crippen molar-refractivity contribution in [3.63, 3.8) is 0 Å². The maximum atomic E-state index is 9.14. The van der Waals surface area contributed by atoms with Crippen molar-refractivity contribution in [2.24, 2.45) is 0 Å². The summed E-state index contributed by atoms with van der Waals surface area (Å²) in [5.74, 6) is 0.630. The second-order valence-electron chi connectivity index (χ2n) is 5.42. The van der Waals surface area contributed by atoms with Gasteiger partial charge < -0.3 is 10.4 Å². The summed E-state index contributed by atoms with van der Waals surface area (Å²) in [5.41, 5.74) is 3.41. The van der Waals surface area contributed by atoms with E-state index in [2.05, 4.69) is 23.5 Å². The summed E-state index contributed by atoms with van der Waals surface area (Å²) in [6.07, 6.45) is 2.29. The molecule has 2 nitrogen and oxygen atoms in total. The average Bonchev–Trinajstić information content (AvgIpc) is 2.44. The van der Waals surface area contributed by atoms with E-state index >= 15 is 0 Å². The van der Waals surface area contributed by atoms with Crippen molar-refractivity contribution in [3.8, 4) is 0 Å². The van der Waals surface area contributed by atoms with E-state index in [1.165, 1.54) is 5.56 Å². The minimum atomic E-state index is 0.0909. The molecule has 0 spiro atoms. The summed E-state index contributed by atoms with van der Waals surface area (Å²) >= 11 is 5.91. The number of halogens is 1. The van der Waals surface area contributed by atoms with Crippen molar-refractivity contribution in [1.29, 1.82) is 0 Å². The molecule has 0 unspecified atom stereocenters. The van der Waals surface area contributed by atoms with Gasteiger partial charge in [-0.3, -0.25) is 0 Å². The van der Waals surface area contributed by atoms with Gasteiger partial charge in [-0.2, -0.15) is 0 Å². The molecular weight excluding hydrogens is 270 g/mol. The maximum Gasteiger partial charge on any atom is 0.0682 e. The highest BCUT2D eigenvalue weighted by molar-refractivity contribution is 6.30. The molecule has 3 rings (SSSR count). The molecular formula is C17H18ClNO. The summed E-state index contributed by atoms with van der Waals surface area (Å²) < 4.78 is 0. The van der Waals surface area contributed by atoms with Gasteiger partial charge in [-0.15, -0.1) is 0 Å². The van der Waals surface area contributed by atoms with E-state index in [1.54, 1.807) is 0 Å². The second-order valence-corrected chi connectivity index (χ2v) is 5.86. The van der Waals surface area contributed by atoms with Crippen LogP contribution in [0.3, 0.4) is 0 Å². The van der Waals surface area contributed by atoms with Crippen LogP contribution in [0.1, 0.15) is 29.9 Å². The van der Waals surface area contributed by atoms with Crippen LogP contribution < -0.4 is 5.32 Å². The third kappa shape index (κ3) is 2.97. The number of aliphatic hydroxyl groups is 1. The van der Waals surface area contributed by atoms with Crippen LogP contribution >= 0.6 is 11.6 Å². The molecule has 0 saturated heterocycles. The van der Waals surface area contributed by atoms with E-state index < -0.39 is 0 Å². The summed E-state index contributed by atoms with van der Waals surface area (Å²) in [5, 5.41) is 13.5. The fourth-order valence-corrected chi connectivity index (χ4v) is 2.86. The molecule has 0 amide bonds. The molecule has 2 aromatic rings. The molecule has 1 aliphatic carbocycles. The molecule has 0 radical (unpaired) electrons. The first-order chi connectivity index (χ1) is 9.74. The lowest BCUT2D eigenvalue weighted by Crippen LogP contribution is -2.33. The molecule has 0 atom stereocenters. The monoisotopic (exact) mass is 287 g/mol. The molecule has 0 bridgehead atoms. The molecule has 3 heteroatoms. The molecule has 1 aliphatic rings. The fraction of sp³-hybridized carbons (Fsp3) is 0.294. The molecule has 1 fully saturated rings. The van der Waals surface area contributed by atoms with Crippen molar-refractivity contribution < 1.29 is 5.11 Å². The minimum Gasteiger partial charge on any atom is -0.392 e. The second kappa shape index (κ2) is 5.86. The number of anilines is 1. The van der Waals surface area contributed by atoms with Crippen LogP contribution in [0.5, 0.6) is 0 Å². The van der Waals surface area contributed by atoms with Crippen LogP contribution in [0.15, 0.2) is 48.5 Å². The molecule has 1 saturated carbocycles. The zero-order valence-corrected chi connectivity index (χ0v) is 12.0. The summed E-state index contributed by atoms with van der Waals surface area (Å²) in [6, 6.07) is 16.6. The van der Waals surface area contributed by atoms with Crippen LogP contribution in [-0.2, 0) is 6.61 Å². The van der Waals surface area contributed by atoms with Gasteiger partial charge >= 0.3 is 0 Å². The fourth-order valence-electron chi connectivity index (χ4n) is 2.74. The number of aliphatic hydroxyl groups excluding tert-OH is 1. The van der Waals surface area contributed by atoms with Crippen LogP contribution in [0.2, 0.25) is 5.02 Å². The molecule has 20 heavy (non-hydrogen) atoms. The summed E-state index contributed by atoms with van der Waals surface area (Å²) in [4.78, 5) is 0. The van der Waals surface area contributed by atoms with E-state index in [4.69, 9.17) is 16.7 Å². The number of hydrogen-bond acceptors (Lipinski definition) is 2. The number of benzene rings is 2. The Bertz CT molecular complexity index is 576. The summed E-state index contributed by atoms with van der Waals surface area (Å²) in [6.45, 7) is 0.0909. The van der Waals surface area contributed by atoms with Crippen molar-refractivity contribution in [2.75, 3.05) is 5.32 Å². The molecule has 0 heterocycles. The van der Waals surface area contributed by atoms with Gasteiger partial charge in [0.05, 0.1) is 6.61 Å². The minimum absolute atomic E-state index is 0.0909. The van der Waals surface area contributed by atoms with Gasteiger partial charge in [0.15, 0.2) is 0 Å². The topological polar surface area (TPSA) is 32.3 Å². The van der Waals surface area contributed by atoms with Crippen LogP contribution in [0.4, 0.5) is 5.69 Å². The predicted molar refractivity (Wildman–Crippen MR) is 83.2 cm³/mol. The highest BCUT2D eigenvalue weighted by atomic mass is 35.5. The average molecular weight is 288 g/mol. The largest absolute Gasteiger partial charge is 0.392 e. The van der Waals surface area contributed by atoms with Gasteiger partial charge in [0, 0.05) is 16.8 Å². The van der Waals surface area contributed by atoms with Crippen LogP contribution in [0, 0.1) is 0 Å². The van der Waals surface area contributed by atoms with Gasteiger partial charge in [0.2, 0.25) is 0 Å². The number of hydrogen-bond donors (Lipinski definition) is 2. The first kappa shape index (κ1) is 13.5. The Kier molecular flexibility index (Phi) is 3.95. The quantitative estimate of drug-likeness (QED) is 0.884. The molecule has 0 aromatic heterocycles. The SMILES string of the molecule is OCc1cccc(NC2CC(c3ccc(Cl)cc3)C2)c1. The zero-order chi connectivity index (χ0) is 13.9. The van der Waals surface area contributed by atoms with Crippen molar-refractivity contribution in [3.05, 3.63) is 64.7 Å². The van der Waals surface area contributed by atoms with E-state index in [0.717, 1.165) is 29.1 Å². The smallest absolute Gasteiger partial charge is 0.0682 e. The van der Waals surface area contributed by atoms with Gasteiger partial charge in [-0.25, -0.2) is 0 Å². The molecule has 104 valence electrons. The Morgan fingerprint density at radius 2 is 1.85 bits per heavy atom. The normalized spacial score (nSPS) is 21.3. The van der Waals surface area contributed by atoms with Gasteiger partial charge in [0.1, 0.15) is 0 Å². The first-order valence-electron chi connectivity index (χ1n) is 6.96. The van der Waals surface area contributed by atoms with E-state index in [1.807, 2.05) is 30.3 Å². The highest BCUT2D eigenvalue weighted by Gasteiger charge is 2.30. The van der Waals surface area contributed by atoms with Crippen LogP contribution in [-0.4, -0.2) is 11.1 Å². The zero-order valence-electron chi connectivity index (χ0n) is 11.2. The Morgan fingerprint density at radius 1 is 1.10 bits per heavy atom. The lowest BCUT2D eigenvalue weighted by molar-refractivity contribution is 0.282. The van der Waals surface area contributed by atoms with Crippen molar-refractivity contribution in [2.45, 2.75) is 31.4 Å². The van der Waals surface area contributed by atoms with Crippen molar-refractivity contribution in [1.82, 2.24) is 0 Å². The molecule has 0 aliphatic heterocycles. The predicted octanol–water partition coefficient (Wildman–Crippen LogP) is 4.19. The van der Waals surface area contributed by atoms with E-state index in [-0.39, 0.29) is 6.61 Å². The lowest BCUT2D eigenvalue weighted by atomic mass is 9.76. The standard InChI is InChI=1S/C17H18ClNO/c18-15-6-4-13(5-7-15)14-9-17(10-14)19-16-3-1-2-12(8-16)11-20/h1-8,14,17,19-20H,9-11H2. The van der Waals surface area contributed by atoms with Gasteiger partial charge in [-0.05, 0) is 54.2 Å². The van der Waals surface area contributed by atoms with E-state index in [0.29, 0.717) is 12.0 Å². The van der Waals surface area contributed by atoms with Crippen LogP contribution in [0.25, 0.3) is 0 Å². The highest BCUT2D eigenvalue weighted by Crippen LogP contribution is 2.38. The van der Waals surface area contributed by atoms with Gasteiger partial charge in [-0.1, -0.05) is 35.9 Å². The van der Waals surface area contributed by atoms with Gasteiger partial charge in [0.25, 0.3) is 0 Å². The van der Waals surface area contributed by atoms with E-state index in [9.17, 15) is 0 Å². The Hall–Kier alpha value is -1.51. The Balaban J connectivity index is 1.56. The third-order valence-corrected chi connectivity index (χ3v) is 4.21.